The van der Waals surface area contributed by atoms with Crippen LogP contribution >= 0.6 is 23.5 Å². The van der Waals surface area contributed by atoms with Crippen LogP contribution in [0.25, 0.3) is 0 Å². The normalized spacial score (nSPS) is 23.1. The number of nitrogens with two attached hydrogens (primary N) is 2. The van der Waals surface area contributed by atoms with Gasteiger partial charge in [0.05, 0.1) is 5.88 Å². The van der Waals surface area contributed by atoms with Crippen LogP contribution in [0, 0.1) is 0 Å². The van der Waals surface area contributed by atoms with E-state index in [2.05, 4.69) is 4.90 Å². The van der Waals surface area contributed by atoms with E-state index in [9.17, 15) is 0 Å². The molecular formula is C6H13N3S2. The Kier molecular flexibility index (Phi) is 4.14. The van der Waals surface area contributed by atoms with Crippen molar-refractivity contribution in [3.05, 3.63) is 11.6 Å². The van der Waals surface area contributed by atoms with Crippen molar-refractivity contribution in [2.75, 3.05) is 18.2 Å². The Labute approximate surface area is 75.6 Å². The van der Waals surface area contributed by atoms with E-state index in [0.29, 0.717) is 0 Å². The highest BCUT2D eigenvalue weighted by atomic mass is 32.2. The van der Waals surface area contributed by atoms with Gasteiger partial charge in [-0.3, -0.25) is 0 Å². The van der Waals surface area contributed by atoms with Crippen LogP contribution < -0.4 is 11.5 Å². The third-order valence-corrected chi connectivity index (χ3v) is 3.13. The summed E-state index contributed by atoms with van der Waals surface area (Å²) in [5.74, 6) is 1.95. The number of nitrogens with zero attached hydrogens (tertiary/aromatic N) is 1. The molecule has 0 saturated carbocycles. The van der Waals surface area contributed by atoms with E-state index in [0.717, 1.165) is 18.2 Å². The minimum absolute atomic E-state index is 0.111. The van der Waals surface area contributed by atoms with Crippen LogP contribution in [-0.2, 0) is 0 Å². The Morgan fingerprint density at radius 3 is 3.00 bits per heavy atom. The van der Waals surface area contributed by atoms with Gasteiger partial charge in [-0.1, -0.05) is 11.8 Å². The molecule has 1 rings (SSSR count). The summed E-state index contributed by atoms with van der Waals surface area (Å²) in [5.41, 5.74) is 11.2. The number of hydrogen-bond acceptors (Lipinski definition) is 5. The van der Waals surface area contributed by atoms with Crippen LogP contribution in [0.4, 0.5) is 0 Å². The van der Waals surface area contributed by atoms with Gasteiger partial charge >= 0.3 is 0 Å². The highest BCUT2D eigenvalue weighted by molar-refractivity contribution is 8.03. The second-order valence-electron chi connectivity index (χ2n) is 2.15. The lowest BCUT2D eigenvalue weighted by atomic mass is 10.8. The maximum Gasteiger partial charge on any atom is 0.129 e. The number of rotatable bonds is 4. The zero-order valence-electron chi connectivity index (χ0n) is 6.27. The molecule has 1 heterocycles. The summed E-state index contributed by atoms with van der Waals surface area (Å²) in [6.45, 7) is 0.741. The quantitative estimate of drug-likeness (QED) is 0.630. The molecule has 64 valence electrons. The summed E-state index contributed by atoms with van der Waals surface area (Å²) < 4.78 is 0. The van der Waals surface area contributed by atoms with Crippen molar-refractivity contribution in [1.82, 2.24) is 4.90 Å². The van der Waals surface area contributed by atoms with Gasteiger partial charge in [-0.2, -0.15) is 0 Å². The van der Waals surface area contributed by atoms with Crippen molar-refractivity contribution in [1.29, 1.82) is 0 Å². The Bertz CT molecular complexity index is 140. The van der Waals surface area contributed by atoms with Gasteiger partial charge in [0.15, 0.2) is 0 Å². The van der Waals surface area contributed by atoms with Crippen molar-refractivity contribution in [3.63, 3.8) is 0 Å². The van der Waals surface area contributed by atoms with Crippen molar-refractivity contribution in [2.24, 2.45) is 11.5 Å². The van der Waals surface area contributed by atoms with Gasteiger partial charge in [-0.25, -0.2) is 0 Å². The van der Waals surface area contributed by atoms with Gasteiger partial charge in [-0.05, 0) is 5.41 Å². The van der Waals surface area contributed by atoms with Crippen molar-refractivity contribution in [2.45, 2.75) is 5.50 Å². The summed E-state index contributed by atoms with van der Waals surface area (Å²) in [7, 11) is 0. The van der Waals surface area contributed by atoms with Crippen molar-refractivity contribution < 1.29 is 0 Å². The van der Waals surface area contributed by atoms with Crippen LogP contribution in [-0.4, -0.2) is 28.6 Å². The van der Waals surface area contributed by atoms with Gasteiger partial charge in [-0.15, -0.1) is 11.8 Å². The molecule has 0 aromatic carbocycles. The van der Waals surface area contributed by atoms with Gasteiger partial charge in [0, 0.05) is 18.5 Å². The van der Waals surface area contributed by atoms with Crippen molar-refractivity contribution in [3.8, 4) is 0 Å². The van der Waals surface area contributed by atoms with Crippen LogP contribution in [0.1, 0.15) is 0 Å². The predicted molar refractivity (Wildman–Crippen MR) is 52.9 cm³/mol. The first-order chi connectivity index (χ1) is 5.34. The molecule has 4 N–H and O–H groups in total. The number of thioether (sulfide) groups is 2. The molecule has 1 aliphatic rings. The highest BCUT2D eigenvalue weighted by Gasteiger charge is 2.13. The van der Waals surface area contributed by atoms with Crippen molar-refractivity contribution >= 4 is 23.5 Å². The Balaban J connectivity index is 2.10. The molecule has 0 radical (unpaired) electrons. The summed E-state index contributed by atoms with van der Waals surface area (Å²) in [4.78, 5) is 2.10. The molecule has 0 amide bonds. The molecule has 1 aliphatic heterocycles. The zero-order valence-corrected chi connectivity index (χ0v) is 7.90. The minimum atomic E-state index is 0.111. The molecule has 1 atom stereocenters. The van der Waals surface area contributed by atoms with Crippen LogP contribution in [0.2, 0.25) is 0 Å². The van der Waals surface area contributed by atoms with E-state index in [-0.39, 0.29) is 5.50 Å². The largest absolute Gasteiger partial charge is 0.344 e. The molecule has 0 unspecified atom stereocenters. The van der Waals surface area contributed by atoms with Gasteiger partial charge in [0.1, 0.15) is 5.50 Å². The highest BCUT2D eigenvalue weighted by Crippen LogP contribution is 2.22. The Morgan fingerprint density at radius 2 is 2.45 bits per heavy atom. The second-order valence-corrected chi connectivity index (χ2v) is 4.25. The van der Waals surface area contributed by atoms with Crippen LogP contribution in [0.15, 0.2) is 11.6 Å². The molecule has 11 heavy (non-hydrogen) atoms. The molecule has 0 aromatic rings. The number of hydrogen-bond donors (Lipinski definition) is 2. The third-order valence-electron chi connectivity index (χ3n) is 1.30. The summed E-state index contributed by atoms with van der Waals surface area (Å²) in [6, 6.07) is 0. The molecular weight excluding hydrogens is 178 g/mol. The van der Waals surface area contributed by atoms with Gasteiger partial charge in [0.2, 0.25) is 0 Å². The molecule has 0 saturated heterocycles. The van der Waals surface area contributed by atoms with E-state index in [4.69, 9.17) is 11.5 Å². The monoisotopic (exact) mass is 191 g/mol. The fourth-order valence-corrected chi connectivity index (χ4v) is 2.26. The topological polar surface area (TPSA) is 55.3 Å². The Hall–Kier alpha value is 0.160. The predicted octanol–water partition coefficient (Wildman–Crippen LogP) is 0.398. The maximum atomic E-state index is 5.74. The molecule has 5 heteroatoms. The average Bonchev–Trinajstić information content (AvgIpc) is 2.37. The zero-order chi connectivity index (χ0) is 8.10. The first kappa shape index (κ1) is 9.25. The van der Waals surface area contributed by atoms with Gasteiger partial charge < -0.3 is 16.4 Å². The minimum Gasteiger partial charge on any atom is -0.344 e. The smallest absolute Gasteiger partial charge is 0.129 e. The summed E-state index contributed by atoms with van der Waals surface area (Å²) in [6.07, 6.45) is 2.03. The first-order valence-electron chi connectivity index (χ1n) is 3.46. The molecule has 3 nitrogen and oxygen atoms in total. The fourth-order valence-electron chi connectivity index (χ4n) is 0.727. The molecule has 0 fully saturated rings. The van der Waals surface area contributed by atoms with E-state index in [1.807, 2.05) is 23.4 Å². The lowest BCUT2D eigenvalue weighted by molar-refractivity contribution is 0.430. The van der Waals surface area contributed by atoms with Gasteiger partial charge in [0.25, 0.3) is 0 Å². The third kappa shape index (κ3) is 2.94. The maximum absolute atomic E-state index is 5.74. The lowest BCUT2D eigenvalue weighted by Gasteiger charge is -2.19. The standard InChI is InChI=1S/C6H13N3S2/c7-1-3-10-5-9-2-4-11-6(9)8/h2,4,6H,1,3,5,7-8H2/t6-/m0/s1. The summed E-state index contributed by atoms with van der Waals surface area (Å²) >= 11 is 3.45. The molecule has 0 spiro atoms. The fraction of sp³-hybridized carbons (Fsp3) is 0.667. The molecule has 0 aliphatic carbocycles. The van der Waals surface area contributed by atoms with E-state index in [1.165, 1.54) is 0 Å². The van der Waals surface area contributed by atoms with Crippen LogP contribution in [0.5, 0.6) is 0 Å². The SMILES string of the molecule is NCCSCN1C=CS[C@H]1N. The average molecular weight is 191 g/mol. The Morgan fingerprint density at radius 1 is 1.64 bits per heavy atom. The second kappa shape index (κ2) is 4.92. The van der Waals surface area contributed by atoms with E-state index >= 15 is 0 Å². The lowest BCUT2D eigenvalue weighted by Crippen LogP contribution is -2.32. The van der Waals surface area contributed by atoms with E-state index < -0.39 is 0 Å². The summed E-state index contributed by atoms with van der Waals surface area (Å²) in [5, 5.41) is 2.02. The van der Waals surface area contributed by atoms with Crippen LogP contribution in [0.3, 0.4) is 0 Å². The molecule has 0 aromatic heterocycles. The first-order valence-corrected chi connectivity index (χ1v) is 5.55. The molecule has 0 bridgehead atoms. The van der Waals surface area contributed by atoms with E-state index in [1.54, 1.807) is 11.8 Å².